The Kier molecular flexibility index (Phi) is 10.3. The van der Waals surface area contributed by atoms with Crippen molar-refractivity contribution in [3.8, 4) is 0 Å². The number of esters is 1. The van der Waals surface area contributed by atoms with Gasteiger partial charge in [-0.05, 0) is 13.3 Å². The molecule has 2 nitrogen and oxygen atoms in total. The van der Waals surface area contributed by atoms with Crippen LogP contribution in [-0.4, -0.2) is 20.4 Å². The minimum absolute atomic E-state index is 0.0407. The molecule has 0 saturated heterocycles. The number of hydrogen-bond acceptors (Lipinski definition) is 2. The zero-order valence-corrected chi connectivity index (χ0v) is 9.68. The number of carbonyl (C=O) groups excluding carboxylic acids is 1. The normalized spacial score (nSPS) is 10.1. The average Bonchev–Trinajstić information content (AvgIpc) is 2.17. The van der Waals surface area contributed by atoms with Crippen LogP contribution >= 0.6 is 0 Å². The molecule has 14 heavy (non-hydrogen) atoms. The number of unbranched alkanes of at least 4 members (excludes halogenated alkanes) is 5. The van der Waals surface area contributed by atoms with E-state index in [0.717, 1.165) is 6.42 Å². The topological polar surface area (TPSA) is 26.3 Å². The second-order valence-electron chi connectivity index (χ2n) is 3.68. The summed E-state index contributed by atoms with van der Waals surface area (Å²) in [7, 11) is 2.22. The van der Waals surface area contributed by atoms with Crippen molar-refractivity contribution in [2.75, 3.05) is 6.61 Å². The Labute approximate surface area is 88.8 Å². The van der Waals surface area contributed by atoms with E-state index in [2.05, 4.69) is 7.85 Å². The third kappa shape index (κ3) is 9.62. The van der Waals surface area contributed by atoms with Crippen LogP contribution in [0.15, 0.2) is 0 Å². The van der Waals surface area contributed by atoms with E-state index in [0.29, 0.717) is 13.0 Å². The molecule has 0 N–H and O–H groups in total. The maximum Gasteiger partial charge on any atom is 0.305 e. The van der Waals surface area contributed by atoms with Gasteiger partial charge in [0.25, 0.3) is 0 Å². The third-order valence-electron chi connectivity index (χ3n) is 2.29. The number of carbonyl (C=O) groups is 1. The molecule has 3 heteroatoms. The van der Waals surface area contributed by atoms with Crippen LogP contribution in [0.4, 0.5) is 0 Å². The molecule has 0 spiro atoms. The van der Waals surface area contributed by atoms with Gasteiger partial charge < -0.3 is 4.74 Å². The molecule has 0 heterocycles. The first-order valence-corrected chi connectivity index (χ1v) is 5.96. The molecule has 0 atom stereocenters. The van der Waals surface area contributed by atoms with Gasteiger partial charge in [0.2, 0.25) is 0 Å². The van der Waals surface area contributed by atoms with E-state index in [9.17, 15) is 4.79 Å². The van der Waals surface area contributed by atoms with Gasteiger partial charge in [-0.15, -0.1) is 0 Å². The highest BCUT2D eigenvalue weighted by molar-refractivity contribution is 6.08. The quantitative estimate of drug-likeness (QED) is 0.323. The van der Waals surface area contributed by atoms with Crippen molar-refractivity contribution in [2.45, 2.75) is 58.2 Å². The molecule has 0 aromatic heterocycles. The van der Waals surface area contributed by atoms with E-state index in [4.69, 9.17) is 4.74 Å². The van der Waals surface area contributed by atoms with Gasteiger partial charge in [-0.25, -0.2) is 0 Å². The molecule has 0 bridgehead atoms. The summed E-state index contributed by atoms with van der Waals surface area (Å²) >= 11 is 0. The lowest BCUT2D eigenvalue weighted by atomic mass is 9.98. The van der Waals surface area contributed by atoms with Crippen LogP contribution in [0.3, 0.4) is 0 Å². The lowest BCUT2D eigenvalue weighted by Crippen LogP contribution is -2.03. The van der Waals surface area contributed by atoms with Gasteiger partial charge >= 0.3 is 5.97 Å². The summed E-state index contributed by atoms with van der Waals surface area (Å²) in [6.07, 6.45) is 9.32. The van der Waals surface area contributed by atoms with E-state index >= 15 is 0 Å². The molecule has 82 valence electrons. The molecule has 0 amide bonds. The summed E-state index contributed by atoms with van der Waals surface area (Å²) in [4.78, 5) is 11.0. The van der Waals surface area contributed by atoms with Crippen molar-refractivity contribution < 1.29 is 9.53 Å². The van der Waals surface area contributed by atoms with Gasteiger partial charge in [0.1, 0.15) is 7.85 Å². The number of ether oxygens (including phenoxy) is 1. The van der Waals surface area contributed by atoms with Gasteiger partial charge in [0, 0.05) is 6.42 Å². The predicted octanol–water partition coefficient (Wildman–Crippen LogP) is 2.33. The molecule has 0 saturated carbocycles. The van der Waals surface area contributed by atoms with Crippen molar-refractivity contribution in [1.82, 2.24) is 0 Å². The van der Waals surface area contributed by atoms with Crippen LogP contribution in [0.25, 0.3) is 0 Å². The zero-order chi connectivity index (χ0) is 10.6. The molecular formula is C11H23BO2. The Hall–Kier alpha value is -0.465. The second-order valence-corrected chi connectivity index (χ2v) is 3.68. The van der Waals surface area contributed by atoms with E-state index in [1.165, 1.54) is 38.4 Å². The number of hydrogen-bond donors (Lipinski definition) is 0. The highest BCUT2D eigenvalue weighted by Crippen LogP contribution is 2.08. The van der Waals surface area contributed by atoms with Crippen LogP contribution in [0.2, 0.25) is 6.32 Å². The monoisotopic (exact) mass is 198 g/mol. The number of rotatable bonds is 9. The van der Waals surface area contributed by atoms with Crippen LogP contribution in [0.1, 0.15) is 51.9 Å². The van der Waals surface area contributed by atoms with E-state index in [1.54, 1.807) is 0 Å². The Morgan fingerprint density at radius 3 is 2.21 bits per heavy atom. The van der Waals surface area contributed by atoms with Gasteiger partial charge in [-0.3, -0.25) is 4.79 Å². The van der Waals surface area contributed by atoms with Crippen molar-refractivity contribution in [1.29, 1.82) is 0 Å². The fraction of sp³-hybridized carbons (Fsp3) is 0.909. The lowest BCUT2D eigenvalue weighted by Gasteiger charge is -2.01. The smallest absolute Gasteiger partial charge is 0.305 e. The van der Waals surface area contributed by atoms with Gasteiger partial charge in [0.05, 0.1) is 6.61 Å². The lowest BCUT2D eigenvalue weighted by molar-refractivity contribution is -0.143. The third-order valence-corrected chi connectivity index (χ3v) is 2.29. The molecule has 0 aliphatic carbocycles. The molecule has 0 unspecified atom stereocenters. The molecule has 0 aromatic carbocycles. The first-order valence-electron chi connectivity index (χ1n) is 5.96. The molecule has 0 aliphatic rings. The van der Waals surface area contributed by atoms with E-state index in [-0.39, 0.29) is 5.97 Å². The van der Waals surface area contributed by atoms with Crippen LogP contribution < -0.4 is 0 Å². The molecule has 0 fully saturated rings. The summed E-state index contributed by atoms with van der Waals surface area (Å²) in [5, 5.41) is 0. The summed E-state index contributed by atoms with van der Waals surface area (Å²) in [5.74, 6) is -0.0407. The summed E-state index contributed by atoms with van der Waals surface area (Å²) in [6, 6.07) is 0. The fourth-order valence-electron chi connectivity index (χ4n) is 1.46. The van der Waals surface area contributed by atoms with Crippen molar-refractivity contribution >= 4 is 13.8 Å². The SMILES string of the molecule is BCCCCCCCCC(=O)OCC. The minimum atomic E-state index is -0.0407. The maximum absolute atomic E-state index is 11.0. The van der Waals surface area contributed by atoms with Crippen molar-refractivity contribution in [3.63, 3.8) is 0 Å². The van der Waals surface area contributed by atoms with Crippen LogP contribution in [-0.2, 0) is 9.53 Å². The average molecular weight is 198 g/mol. The highest BCUT2D eigenvalue weighted by atomic mass is 16.5. The van der Waals surface area contributed by atoms with Gasteiger partial charge in [-0.1, -0.05) is 38.4 Å². The fourth-order valence-corrected chi connectivity index (χ4v) is 1.46. The highest BCUT2D eigenvalue weighted by Gasteiger charge is 2.00. The molecule has 0 aliphatic heterocycles. The second kappa shape index (κ2) is 10.6. The largest absolute Gasteiger partial charge is 0.466 e. The first-order chi connectivity index (χ1) is 6.81. The maximum atomic E-state index is 11.0. The molecule has 0 radical (unpaired) electrons. The Balaban J connectivity index is 3.01. The van der Waals surface area contributed by atoms with Gasteiger partial charge in [0.15, 0.2) is 0 Å². The minimum Gasteiger partial charge on any atom is -0.466 e. The summed E-state index contributed by atoms with van der Waals surface area (Å²) in [5.41, 5.74) is 0. The van der Waals surface area contributed by atoms with Crippen molar-refractivity contribution in [2.24, 2.45) is 0 Å². The Morgan fingerprint density at radius 2 is 1.64 bits per heavy atom. The van der Waals surface area contributed by atoms with Crippen LogP contribution in [0, 0.1) is 0 Å². The Bertz CT molecular complexity index is 137. The Morgan fingerprint density at radius 1 is 1.07 bits per heavy atom. The first kappa shape index (κ1) is 13.5. The van der Waals surface area contributed by atoms with Crippen LogP contribution in [0.5, 0.6) is 0 Å². The molecule has 0 rings (SSSR count). The van der Waals surface area contributed by atoms with E-state index in [1.807, 2.05) is 6.92 Å². The van der Waals surface area contributed by atoms with Crippen molar-refractivity contribution in [3.05, 3.63) is 0 Å². The zero-order valence-electron chi connectivity index (χ0n) is 9.68. The molecular weight excluding hydrogens is 175 g/mol. The van der Waals surface area contributed by atoms with E-state index < -0.39 is 0 Å². The van der Waals surface area contributed by atoms with Gasteiger partial charge in [-0.2, -0.15) is 0 Å². The predicted molar refractivity (Wildman–Crippen MR) is 62.3 cm³/mol. The standard InChI is InChI=1S/C11H23BO2/c1-2-14-11(13)9-7-5-3-4-6-8-10-12/h2-10,12H2,1H3. The summed E-state index contributed by atoms with van der Waals surface area (Å²) < 4.78 is 4.85. The summed E-state index contributed by atoms with van der Waals surface area (Å²) in [6.45, 7) is 2.36. The molecule has 0 aromatic rings.